The molecule has 0 fully saturated rings. The Hall–Kier alpha value is -2.20. The molecule has 0 spiro atoms. The first-order chi connectivity index (χ1) is 11.3. The van der Waals surface area contributed by atoms with Gasteiger partial charge >= 0.3 is 0 Å². The summed E-state index contributed by atoms with van der Waals surface area (Å²) in [6.45, 7) is 5.51. The Kier molecular flexibility index (Phi) is 7.27. The number of nitrogens with one attached hydrogen (secondary N) is 2. The standard InChI is InChI=1S/C19H26N2O2/c1-3-14-23-19-10-6-17(7-11-19)21-13-12-20-15-16-4-8-18(22-2)9-5-16/h4-11,20-21H,3,12-15H2,1-2H3. The zero-order valence-electron chi connectivity index (χ0n) is 14.0. The summed E-state index contributed by atoms with van der Waals surface area (Å²) in [5, 5.41) is 6.82. The van der Waals surface area contributed by atoms with Crippen LogP contribution in [0.4, 0.5) is 5.69 Å². The van der Waals surface area contributed by atoms with Crippen LogP contribution in [-0.2, 0) is 6.54 Å². The summed E-state index contributed by atoms with van der Waals surface area (Å²) in [6.07, 6.45) is 1.03. The molecule has 0 amide bonds. The summed E-state index contributed by atoms with van der Waals surface area (Å²) in [5.74, 6) is 1.82. The number of ether oxygens (including phenoxy) is 2. The number of hydrogen-bond donors (Lipinski definition) is 2. The quantitative estimate of drug-likeness (QED) is 0.656. The molecule has 23 heavy (non-hydrogen) atoms. The molecule has 0 aliphatic heterocycles. The van der Waals surface area contributed by atoms with Gasteiger partial charge in [-0.1, -0.05) is 19.1 Å². The van der Waals surface area contributed by atoms with E-state index in [0.29, 0.717) is 0 Å². The van der Waals surface area contributed by atoms with Gasteiger partial charge in [0.05, 0.1) is 13.7 Å². The van der Waals surface area contributed by atoms with Gasteiger partial charge in [-0.25, -0.2) is 0 Å². The van der Waals surface area contributed by atoms with E-state index in [4.69, 9.17) is 9.47 Å². The second kappa shape index (κ2) is 9.74. The number of hydrogen-bond acceptors (Lipinski definition) is 4. The van der Waals surface area contributed by atoms with E-state index in [1.165, 1.54) is 5.56 Å². The maximum Gasteiger partial charge on any atom is 0.119 e. The number of anilines is 1. The molecule has 0 saturated heterocycles. The minimum absolute atomic E-state index is 0.766. The van der Waals surface area contributed by atoms with E-state index in [-0.39, 0.29) is 0 Å². The lowest BCUT2D eigenvalue weighted by Gasteiger charge is -2.09. The molecule has 0 aromatic heterocycles. The van der Waals surface area contributed by atoms with Gasteiger partial charge in [0.15, 0.2) is 0 Å². The lowest BCUT2D eigenvalue weighted by atomic mass is 10.2. The summed E-state index contributed by atoms with van der Waals surface area (Å²) < 4.78 is 10.7. The molecular weight excluding hydrogens is 288 g/mol. The average molecular weight is 314 g/mol. The molecule has 2 aromatic carbocycles. The zero-order valence-corrected chi connectivity index (χ0v) is 14.0. The Morgan fingerprint density at radius 2 is 1.57 bits per heavy atom. The summed E-state index contributed by atoms with van der Waals surface area (Å²) in [5.41, 5.74) is 2.36. The maximum atomic E-state index is 5.57. The van der Waals surface area contributed by atoms with Gasteiger partial charge in [-0.05, 0) is 48.4 Å². The van der Waals surface area contributed by atoms with E-state index in [0.717, 1.165) is 49.8 Å². The Morgan fingerprint density at radius 1 is 0.870 bits per heavy atom. The molecule has 124 valence electrons. The molecule has 0 aliphatic carbocycles. The van der Waals surface area contributed by atoms with Crippen molar-refractivity contribution in [3.8, 4) is 11.5 Å². The van der Waals surface area contributed by atoms with Crippen molar-refractivity contribution in [1.82, 2.24) is 5.32 Å². The highest BCUT2D eigenvalue weighted by atomic mass is 16.5. The monoisotopic (exact) mass is 314 g/mol. The Balaban J connectivity index is 1.62. The number of benzene rings is 2. The third kappa shape index (κ3) is 6.20. The van der Waals surface area contributed by atoms with Crippen molar-refractivity contribution in [2.75, 3.05) is 32.1 Å². The highest BCUT2D eigenvalue weighted by Gasteiger charge is 1.96. The molecule has 4 nitrogen and oxygen atoms in total. The molecule has 4 heteroatoms. The van der Waals surface area contributed by atoms with Gasteiger partial charge in [-0.3, -0.25) is 0 Å². The van der Waals surface area contributed by atoms with E-state index in [1.807, 2.05) is 24.3 Å². The van der Waals surface area contributed by atoms with Gasteiger partial charge in [0, 0.05) is 25.3 Å². The van der Waals surface area contributed by atoms with Gasteiger partial charge in [-0.2, -0.15) is 0 Å². The fourth-order valence-corrected chi connectivity index (χ4v) is 2.16. The highest BCUT2D eigenvalue weighted by Crippen LogP contribution is 2.15. The molecule has 0 heterocycles. The molecule has 0 saturated carbocycles. The third-order valence-corrected chi connectivity index (χ3v) is 3.45. The van der Waals surface area contributed by atoms with Crippen LogP contribution in [-0.4, -0.2) is 26.8 Å². The van der Waals surface area contributed by atoms with Crippen LogP contribution in [0.5, 0.6) is 11.5 Å². The molecule has 2 rings (SSSR count). The van der Waals surface area contributed by atoms with Crippen LogP contribution in [0.2, 0.25) is 0 Å². The van der Waals surface area contributed by atoms with Gasteiger partial charge in [0.25, 0.3) is 0 Å². The van der Waals surface area contributed by atoms with Crippen LogP contribution < -0.4 is 20.1 Å². The first-order valence-corrected chi connectivity index (χ1v) is 8.12. The first kappa shape index (κ1) is 17.2. The first-order valence-electron chi connectivity index (χ1n) is 8.12. The second-order valence-corrected chi connectivity index (χ2v) is 5.32. The van der Waals surface area contributed by atoms with Crippen molar-refractivity contribution in [3.63, 3.8) is 0 Å². The van der Waals surface area contributed by atoms with Gasteiger partial charge in [0.1, 0.15) is 11.5 Å². The molecule has 0 atom stereocenters. The van der Waals surface area contributed by atoms with Crippen LogP contribution in [0.3, 0.4) is 0 Å². The lowest BCUT2D eigenvalue weighted by Crippen LogP contribution is -2.21. The minimum Gasteiger partial charge on any atom is -0.497 e. The lowest BCUT2D eigenvalue weighted by molar-refractivity contribution is 0.317. The van der Waals surface area contributed by atoms with E-state index < -0.39 is 0 Å². The fourth-order valence-electron chi connectivity index (χ4n) is 2.16. The molecule has 2 aromatic rings. The molecule has 0 aliphatic rings. The van der Waals surface area contributed by atoms with Crippen molar-refractivity contribution in [2.24, 2.45) is 0 Å². The zero-order chi connectivity index (χ0) is 16.3. The Morgan fingerprint density at radius 3 is 2.22 bits per heavy atom. The number of rotatable bonds is 10. The van der Waals surface area contributed by atoms with E-state index in [1.54, 1.807) is 7.11 Å². The van der Waals surface area contributed by atoms with Gasteiger partial charge < -0.3 is 20.1 Å². The largest absolute Gasteiger partial charge is 0.497 e. The van der Waals surface area contributed by atoms with Crippen molar-refractivity contribution >= 4 is 5.69 Å². The van der Waals surface area contributed by atoms with Crippen molar-refractivity contribution in [1.29, 1.82) is 0 Å². The van der Waals surface area contributed by atoms with E-state index in [9.17, 15) is 0 Å². The van der Waals surface area contributed by atoms with Crippen molar-refractivity contribution < 1.29 is 9.47 Å². The Labute approximate surface area is 138 Å². The molecule has 0 unspecified atom stereocenters. The fraction of sp³-hybridized carbons (Fsp3) is 0.368. The van der Waals surface area contributed by atoms with Crippen LogP contribution in [0, 0.1) is 0 Å². The predicted molar refractivity (Wildman–Crippen MR) is 95.4 cm³/mol. The predicted octanol–water partition coefficient (Wildman–Crippen LogP) is 3.69. The summed E-state index contributed by atoms with van der Waals surface area (Å²) in [7, 11) is 1.68. The summed E-state index contributed by atoms with van der Waals surface area (Å²) in [6, 6.07) is 16.2. The van der Waals surface area contributed by atoms with Crippen molar-refractivity contribution in [2.45, 2.75) is 19.9 Å². The van der Waals surface area contributed by atoms with E-state index in [2.05, 4.69) is 41.8 Å². The van der Waals surface area contributed by atoms with Crippen LogP contribution in [0.15, 0.2) is 48.5 Å². The van der Waals surface area contributed by atoms with Crippen molar-refractivity contribution in [3.05, 3.63) is 54.1 Å². The molecule has 0 radical (unpaired) electrons. The molecular formula is C19H26N2O2. The second-order valence-electron chi connectivity index (χ2n) is 5.32. The minimum atomic E-state index is 0.766. The SMILES string of the molecule is CCCOc1ccc(NCCNCc2ccc(OC)cc2)cc1. The van der Waals surface area contributed by atoms with Crippen LogP contribution in [0.1, 0.15) is 18.9 Å². The summed E-state index contributed by atoms with van der Waals surface area (Å²) in [4.78, 5) is 0. The normalized spacial score (nSPS) is 10.3. The Bertz CT molecular complexity index is 553. The maximum absolute atomic E-state index is 5.57. The molecule has 2 N–H and O–H groups in total. The highest BCUT2D eigenvalue weighted by molar-refractivity contribution is 5.46. The smallest absolute Gasteiger partial charge is 0.119 e. The van der Waals surface area contributed by atoms with Gasteiger partial charge in [-0.15, -0.1) is 0 Å². The summed E-state index contributed by atoms with van der Waals surface area (Å²) >= 11 is 0. The topological polar surface area (TPSA) is 42.5 Å². The average Bonchev–Trinajstić information content (AvgIpc) is 2.61. The number of methoxy groups -OCH3 is 1. The van der Waals surface area contributed by atoms with Crippen LogP contribution >= 0.6 is 0 Å². The molecule has 0 bridgehead atoms. The van der Waals surface area contributed by atoms with Gasteiger partial charge in [0.2, 0.25) is 0 Å². The van der Waals surface area contributed by atoms with E-state index >= 15 is 0 Å². The third-order valence-electron chi connectivity index (χ3n) is 3.45. The van der Waals surface area contributed by atoms with Crippen LogP contribution in [0.25, 0.3) is 0 Å².